The van der Waals surface area contributed by atoms with Gasteiger partial charge in [0.1, 0.15) is 0 Å². The van der Waals surface area contributed by atoms with E-state index < -0.39 is 0 Å². The second-order valence-corrected chi connectivity index (χ2v) is 6.02. The summed E-state index contributed by atoms with van der Waals surface area (Å²) in [5.41, 5.74) is 0.707. The summed E-state index contributed by atoms with van der Waals surface area (Å²) in [6.45, 7) is 4.98. The summed E-state index contributed by atoms with van der Waals surface area (Å²) in [6, 6.07) is 0. The van der Waals surface area contributed by atoms with E-state index in [0.29, 0.717) is 23.9 Å². The monoisotopic (exact) mass is 278 g/mol. The van der Waals surface area contributed by atoms with Gasteiger partial charge in [0, 0.05) is 12.1 Å². The third-order valence-electron chi connectivity index (χ3n) is 4.78. The molecule has 1 aromatic heterocycles. The molecule has 1 aromatic rings. The van der Waals surface area contributed by atoms with Gasteiger partial charge in [0.25, 0.3) is 0 Å². The average molecular weight is 278 g/mol. The van der Waals surface area contributed by atoms with Crippen molar-refractivity contribution in [1.29, 1.82) is 0 Å². The zero-order valence-corrected chi connectivity index (χ0v) is 12.6. The molecule has 3 atom stereocenters. The van der Waals surface area contributed by atoms with Gasteiger partial charge in [0.05, 0.1) is 24.9 Å². The SMILES string of the molecule is CCC(C)C1CCCCC1C(=O)c1cnn(CCO)c1. The van der Waals surface area contributed by atoms with Crippen LogP contribution in [0.4, 0.5) is 0 Å². The Morgan fingerprint density at radius 3 is 2.95 bits per heavy atom. The van der Waals surface area contributed by atoms with Crippen molar-refractivity contribution in [3.05, 3.63) is 18.0 Å². The van der Waals surface area contributed by atoms with Crippen molar-refractivity contribution < 1.29 is 9.90 Å². The van der Waals surface area contributed by atoms with Gasteiger partial charge < -0.3 is 5.11 Å². The van der Waals surface area contributed by atoms with E-state index in [2.05, 4.69) is 18.9 Å². The highest BCUT2D eigenvalue weighted by atomic mass is 16.3. The molecule has 1 fully saturated rings. The zero-order chi connectivity index (χ0) is 14.5. The van der Waals surface area contributed by atoms with Gasteiger partial charge in [0.15, 0.2) is 5.78 Å². The van der Waals surface area contributed by atoms with Crippen molar-refractivity contribution in [1.82, 2.24) is 9.78 Å². The smallest absolute Gasteiger partial charge is 0.169 e. The normalized spacial score (nSPS) is 24.6. The molecule has 0 aromatic carbocycles. The molecule has 1 heterocycles. The van der Waals surface area contributed by atoms with E-state index in [-0.39, 0.29) is 18.3 Å². The van der Waals surface area contributed by atoms with Gasteiger partial charge in [-0.15, -0.1) is 0 Å². The fourth-order valence-electron chi connectivity index (χ4n) is 3.40. The van der Waals surface area contributed by atoms with Gasteiger partial charge in [-0.25, -0.2) is 0 Å². The van der Waals surface area contributed by atoms with Crippen molar-refractivity contribution in [2.45, 2.75) is 52.5 Å². The van der Waals surface area contributed by atoms with E-state index in [1.165, 1.54) is 12.8 Å². The first kappa shape index (κ1) is 15.2. The number of aliphatic hydroxyl groups is 1. The number of aromatic nitrogens is 2. The highest BCUT2D eigenvalue weighted by molar-refractivity contribution is 5.97. The minimum Gasteiger partial charge on any atom is -0.394 e. The molecule has 2 rings (SSSR count). The standard InChI is InChI=1S/C16H26N2O2/c1-3-12(2)14-6-4-5-7-15(14)16(20)13-10-17-18(11-13)8-9-19/h10-12,14-15,19H,3-9H2,1-2H3. The minimum absolute atomic E-state index is 0.0498. The van der Waals surface area contributed by atoms with Crippen LogP contribution in [0.5, 0.6) is 0 Å². The van der Waals surface area contributed by atoms with Gasteiger partial charge >= 0.3 is 0 Å². The molecule has 4 nitrogen and oxygen atoms in total. The molecule has 1 aliphatic rings. The number of carbonyl (C=O) groups is 1. The Balaban J connectivity index is 2.12. The molecule has 0 aliphatic heterocycles. The molecule has 1 aliphatic carbocycles. The van der Waals surface area contributed by atoms with Crippen LogP contribution < -0.4 is 0 Å². The number of rotatable bonds is 6. The first-order valence-corrected chi connectivity index (χ1v) is 7.84. The Bertz CT molecular complexity index is 441. The molecule has 20 heavy (non-hydrogen) atoms. The molecule has 0 spiro atoms. The molecule has 1 N–H and O–H groups in total. The maximum atomic E-state index is 12.7. The number of hydrogen-bond donors (Lipinski definition) is 1. The second kappa shape index (κ2) is 7.02. The van der Waals surface area contributed by atoms with Crippen LogP contribution in [-0.2, 0) is 6.54 Å². The largest absolute Gasteiger partial charge is 0.394 e. The Kier molecular flexibility index (Phi) is 5.35. The molecule has 0 radical (unpaired) electrons. The molecular formula is C16H26N2O2. The molecular weight excluding hydrogens is 252 g/mol. The van der Waals surface area contributed by atoms with E-state index in [1.54, 1.807) is 17.1 Å². The van der Waals surface area contributed by atoms with Gasteiger partial charge in [-0.3, -0.25) is 9.48 Å². The van der Waals surface area contributed by atoms with E-state index in [0.717, 1.165) is 19.3 Å². The third kappa shape index (κ3) is 3.29. The topological polar surface area (TPSA) is 55.1 Å². The van der Waals surface area contributed by atoms with Crippen LogP contribution in [0, 0.1) is 17.8 Å². The highest BCUT2D eigenvalue weighted by Gasteiger charge is 2.34. The summed E-state index contributed by atoms with van der Waals surface area (Å²) in [4.78, 5) is 12.7. The maximum absolute atomic E-state index is 12.7. The molecule has 0 bridgehead atoms. The summed E-state index contributed by atoms with van der Waals surface area (Å²) in [5, 5.41) is 13.1. The predicted molar refractivity (Wildman–Crippen MR) is 78.5 cm³/mol. The fourth-order valence-corrected chi connectivity index (χ4v) is 3.40. The van der Waals surface area contributed by atoms with Crippen molar-refractivity contribution in [3.63, 3.8) is 0 Å². The zero-order valence-electron chi connectivity index (χ0n) is 12.6. The Hall–Kier alpha value is -1.16. The number of ketones is 1. The first-order valence-electron chi connectivity index (χ1n) is 7.84. The number of aliphatic hydroxyl groups excluding tert-OH is 1. The lowest BCUT2D eigenvalue weighted by Crippen LogP contribution is -2.31. The third-order valence-corrected chi connectivity index (χ3v) is 4.78. The van der Waals surface area contributed by atoms with Gasteiger partial charge in [-0.2, -0.15) is 5.10 Å². The summed E-state index contributed by atoms with van der Waals surface area (Å²) in [5.74, 6) is 1.53. The Morgan fingerprint density at radius 1 is 1.50 bits per heavy atom. The molecule has 1 saturated carbocycles. The second-order valence-electron chi connectivity index (χ2n) is 6.02. The van der Waals surface area contributed by atoms with Crippen molar-refractivity contribution >= 4 is 5.78 Å². The van der Waals surface area contributed by atoms with Crippen LogP contribution in [0.3, 0.4) is 0 Å². The minimum atomic E-state index is 0.0498. The van der Waals surface area contributed by atoms with Crippen LogP contribution in [0.2, 0.25) is 0 Å². The molecule has 0 amide bonds. The number of Topliss-reactive ketones (excluding diaryl/α,β-unsaturated/α-hetero) is 1. The highest BCUT2D eigenvalue weighted by Crippen LogP contribution is 2.38. The van der Waals surface area contributed by atoms with Gasteiger partial charge in [0.2, 0.25) is 0 Å². The summed E-state index contributed by atoms with van der Waals surface area (Å²) < 4.78 is 1.65. The van der Waals surface area contributed by atoms with E-state index in [4.69, 9.17) is 5.11 Å². The maximum Gasteiger partial charge on any atom is 0.169 e. The van der Waals surface area contributed by atoms with E-state index in [9.17, 15) is 4.79 Å². The van der Waals surface area contributed by atoms with Crippen molar-refractivity contribution in [3.8, 4) is 0 Å². The molecule has 112 valence electrons. The lowest BCUT2D eigenvalue weighted by atomic mass is 9.70. The van der Waals surface area contributed by atoms with E-state index in [1.807, 2.05) is 0 Å². The van der Waals surface area contributed by atoms with Crippen LogP contribution in [0.1, 0.15) is 56.3 Å². The molecule has 3 unspecified atom stereocenters. The van der Waals surface area contributed by atoms with E-state index >= 15 is 0 Å². The number of hydrogen-bond acceptors (Lipinski definition) is 3. The summed E-state index contributed by atoms with van der Waals surface area (Å²) >= 11 is 0. The lowest BCUT2D eigenvalue weighted by molar-refractivity contribution is 0.0762. The van der Waals surface area contributed by atoms with Gasteiger partial charge in [-0.05, 0) is 24.7 Å². The van der Waals surface area contributed by atoms with Gasteiger partial charge in [-0.1, -0.05) is 33.1 Å². The number of carbonyl (C=O) groups excluding carboxylic acids is 1. The lowest BCUT2D eigenvalue weighted by Gasteiger charge is -2.34. The summed E-state index contributed by atoms with van der Waals surface area (Å²) in [7, 11) is 0. The fraction of sp³-hybridized carbons (Fsp3) is 0.750. The average Bonchev–Trinajstić information content (AvgIpc) is 2.94. The summed E-state index contributed by atoms with van der Waals surface area (Å²) in [6.07, 6.45) is 9.17. The first-order chi connectivity index (χ1) is 9.67. The quantitative estimate of drug-likeness (QED) is 0.814. The molecule has 0 saturated heterocycles. The van der Waals surface area contributed by atoms with Crippen LogP contribution in [-0.4, -0.2) is 27.3 Å². The predicted octanol–water partition coefficient (Wildman–Crippen LogP) is 2.91. The molecule has 4 heteroatoms. The van der Waals surface area contributed by atoms with Crippen LogP contribution in [0.25, 0.3) is 0 Å². The van der Waals surface area contributed by atoms with Crippen molar-refractivity contribution in [2.24, 2.45) is 17.8 Å². The van der Waals surface area contributed by atoms with Crippen molar-refractivity contribution in [2.75, 3.05) is 6.61 Å². The van der Waals surface area contributed by atoms with Crippen LogP contribution in [0.15, 0.2) is 12.4 Å². The van der Waals surface area contributed by atoms with Crippen LogP contribution >= 0.6 is 0 Å². The Morgan fingerprint density at radius 2 is 2.25 bits per heavy atom. The number of nitrogens with zero attached hydrogens (tertiary/aromatic N) is 2. The Labute approximate surface area is 121 Å².